The average Bonchev–Trinajstić information content (AvgIpc) is 2.65. The number of benzene rings is 4. The minimum atomic E-state index is 0.881. The van der Waals surface area contributed by atoms with Crippen LogP contribution in [0.1, 0.15) is 0 Å². The van der Waals surface area contributed by atoms with Crippen LogP contribution in [0.15, 0.2) is 72.9 Å². The molecule has 114 valence electrons. The highest BCUT2D eigenvalue weighted by Gasteiger charge is 2.07. The number of methoxy groups -OCH3 is 1. The van der Waals surface area contributed by atoms with Crippen LogP contribution >= 0.6 is 0 Å². The summed E-state index contributed by atoms with van der Waals surface area (Å²) >= 11 is 0. The Balaban J connectivity index is 1.92. The number of hydrogen-bond acceptors (Lipinski definition) is 2. The van der Waals surface area contributed by atoms with Crippen molar-refractivity contribution in [1.82, 2.24) is 4.98 Å². The summed E-state index contributed by atoms with van der Waals surface area (Å²) in [6.07, 6.45) is 1.97. The van der Waals surface area contributed by atoms with Crippen molar-refractivity contribution in [1.29, 1.82) is 0 Å². The molecule has 0 aliphatic carbocycles. The summed E-state index contributed by atoms with van der Waals surface area (Å²) in [4.78, 5) is 4.75. The van der Waals surface area contributed by atoms with Crippen molar-refractivity contribution in [2.75, 3.05) is 7.11 Å². The summed E-state index contributed by atoms with van der Waals surface area (Å²) in [7, 11) is 1.70. The summed E-state index contributed by atoms with van der Waals surface area (Å²) in [5.41, 5.74) is 1.06. The molecule has 0 aliphatic heterocycles. The summed E-state index contributed by atoms with van der Waals surface area (Å²) in [6, 6.07) is 23.4. The van der Waals surface area contributed by atoms with Gasteiger partial charge < -0.3 is 4.74 Å². The van der Waals surface area contributed by atoms with Crippen molar-refractivity contribution >= 4 is 43.2 Å². The summed E-state index contributed by atoms with van der Waals surface area (Å²) in [6.45, 7) is 0. The van der Waals surface area contributed by atoms with Crippen molar-refractivity contribution in [3.8, 4) is 5.75 Å². The number of aromatic nitrogens is 1. The molecular formula is C22H15NO. The lowest BCUT2D eigenvalue weighted by Gasteiger charge is -2.09. The van der Waals surface area contributed by atoms with E-state index >= 15 is 0 Å². The lowest BCUT2D eigenvalue weighted by atomic mass is 9.98. The van der Waals surface area contributed by atoms with Gasteiger partial charge in [-0.3, -0.25) is 4.98 Å². The van der Waals surface area contributed by atoms with E-state index in [4.69, 9.17) is 9.72 Å². The molecule has 0 aliphatic rings. The minimum Gasteiger partial charge on any atom is -0.497 e. The van der Waals surface area contributed by atoms with Gasteiger partial charge in [0.25, 0.3) is 0 Å². The van der Waals surface area contributed by atoms with E-state index in [1.165, 1.54) is 37.7 Å². The van der Waals surface area contributed by atoms with Gasteiger partial charge in [0.2, 0.25) is 0 Å². The summed E-state index contributed by atoms with van der Waals surface area (Å²) in [5, 5.41) is 8.40. The maximum atomic E-state index is 5.34. The van der Waals surface area contributed by atoms with E-state index in [-0.39, 0.29) is 0 Å². The molecule has 0 spiro atoms. The summed E-state index contributed by atoms with van der Waals surface area (Å²) in [5.74, 6) is 0.881. The molecule has 0 amide bonds. The molecule has 24 heavy (non-hydrogen) atoms. The molecular weight excluding hydrogens is 294 g/mol. The van der Waals surface area contributed by atoms with Gasteiger partial charge in [0.15, 0.2) is 0 Å². The zero-order valence-corrected chi connectivity index (χ0v) is 13.3. The number of hydrogen-bond donors (Lipinski definition) is 0. The first-order valence-corrected chi connectivity index (χ1v) is 8.01. The molecule has 1 heterocycles. The Kier molecular flexibility index (Phi) is 2.74. The molecule has 5 rings (SSSR count). The SMILES string of the molecule is COc1ccc2cc3c(ccc4c5ccccc5cnc34)cc2c1. The molecule has 0 atom stereocenters. The molecule has 0 saturated heterocycles. The second-order valence-corrected chi connectivity index (χ2v) is 6.09. The van der Waals surface area contributed by atoms with Gasteiger partial charge in [0.05, 0.1) is 12.6 Å². The Morgan fingerprint density at radius 2 is 1.54 bits per heavy atom. The lowest BCUT2D eigenvalue weighted by Crippen LogP contribution is -1.86. The lowest BCUT2D eigenvalue weighted by molar-refractivity contribution is 0.415. The van der Waals surface area contributed by atoms with Crippen LogP contribution in [0.25, 0.3) is 43.2 Å². The monoisotopic (exact) mass is 309 g/mol. The molecule has 2 nitrogen and oxygen atoms in total. The normalized spacial score (nSPS) is 11.5. The third-order valence-corrected chi connectivity index (χ3v) is 4.74. The predicted octanol–water partition coefficient (Wildman–Crippen LogP) is 5.70. The molecule has 5 aromatic rings. The van der Waals surface area contributed by atoms with Crippen LogP contribution in [-0.2, 0) is 0 Å². The van der Waals surface area contributed by atoms with E-state index in [2.05, 4.69) is 60.7 Å². The quantitative estimate of drug-likeness (QED) is 0.292. The summed E-state index contributed by atoms with van der Waals surface area (Å²) < 4.78 is 5.34. The van der Waals surface area contributed by atoms with Crippen molar-refractivity contribution in [2.24, 2.45) is 0 Å². The molecule has 0 N–H and O–H groups in total. The fourth-order valence-corrected chi connectivity index (χ4v) is 3.51. The average molecular weight is 309 g/mol. The number of pyridine rings is 1. The smallest absolute Gasteiger partial charge is 0.119 e. The van der Waals surface area contributed by atoms with Gasteiger partial charge in [-0.2, -0.15) is 0 Å². The highest BCUT2D eigenvalue weighted by atomic mass is 16.5. The van der Waals surface area contributed by atoms with Gasteiger partial charge >= 0.3 is 0 Å². The maximum Gasteiger partial charge on any atom is 0.119 e. The molecule has 0 radical (unpaired) electrons. The van der Waals surface area contributed by atoms with Crippen LogP contribution in [-0.4, -0.2) is 12.1 Å². The third-order valence-electron chi connectivity index (χ3n) is 4.74. The molecule has 0 saturated carbocycles. The fourth-order valence-electron chi connectivity index (χ4n) is 3.51. The van der Waals surface area contributed by atoms with E-state index < -0.39 is 0 Å². The van der Waals surface area contributed by atoms with E-state index in [9.17, 15) is 0 Å². The second-order valence-electron chi connectivity index (χ2n) is 6.09. The Morgan fingerprint density at radius 1 is 0.667 bits per heavy atom. The number of ether oxygens (including phenoxy) is 1. The van der Waals surface area contributed by atoms with Crippen molar-refractivity contribution in [3.63, 3.8) is 0 Å². The van der Waals surface area contributed by atoms with Crippen LogP contribution in [0, 0.1) is 0 Å². The van der Waals surface area contributed by atoms with Crippen LogP contribution in [0.2, 0.25) is 0 Å². The zero-order chi connectivity index (χ0) is 16.1. The zero-order valence-electron chi connectivity index (χ0n) is 13.3. The first-order valence-electron chi connectivity index (χ1n) is 8.01. The molecule has 2 heteroatoms. The van der Waals surface area contributed by atoms with Gasteiger partial charge in [0, 0.05) is 22.4 Å². The predicted molar refractivity (Wildman–Crippen MR) is 101 cm³/mol. The topological polar surface area (TPSA) is 22.1 Å². The van der Waals surface area contributed by atoms with Gasteiger partial charge in [0.1, 0.15) is 5.75 Å². The van der Waals surface area contributed by atoms with E-state index in [1.807, 2.05) is 12.3 Å². The maximum absolute atomic E-state index is 5.34. The minimum absolute atomic E-state index is 0.881. The Hall–Kier alpha value is -3.13. The van der Waals surface area contributed by atoms with Gasteiger partial charge in [-0.15, -0.1) is 0 Å². The first-order chi connectivity index (χ1) is 11.8. The van der Waals surface area contributed by atoms with Gasteiger partial charge in [-0.25, -0.2) is 0 Å². The molecule has 4 aromatic carbocycles. The molecule has 0 fully saturated rings. The third kappa shape index (κ3) is 1.86. The second kappa shape index (κ2) is 4.93. The van der Waals surface area contributed by atoms with E-state index in [1.54, 1.807) is 7.11 Å². The number of rotatable bonds is 1. The van der Waals surface area contributed by atoms with Crippen molar-refractivity contribution in [2.45, 2.75) is 0 Å². The fraction of sp³-hybridized carbons (Fsp3) is 0.0455. The number of fused-ring (bicyclic) bond motifs is 6. The highest BCUT2D eigenvalue weighted by molar-refractivity contribution is 6.17. The van der Waals surface area contributed by atoms with Crippen LogP contribution in [0.4, 0.5) is 0 Å². The van der Waals surface area contributed by atoms with Crippen LogP contribution in [0.5, 0.6) is 5.75 Å². The largest absolute Gasteiger partial charge is 0.497 e. The molecule has 0 unspecified atom stereocenters. The first kappa shape index (κ1) is 13.3. The van der Waals surface area contributed by atoms with Gasteiger partial charge in [-0.05, 0) is 45.8 Å². The Labute approximate surface area is 139 Å². The van der Waals surface area contributed by atoms with Gasteiger partial charge in [-0.1, -0.05) is 42.5 Å². The molecule has 1 aromatic heterocycles. The highest BCUT2D eigenvalue weighted by Crippen LogP contribution is 2.32. The van der Waals surface area contributed by atoms with Crippen molar-refractivity contribution in [3.05, 3.63) is 72.9 Å². The standard InChI is InChI=1S/C22H15NO/c1-24-18-8-6-14-12-21-15(10-17(14)11-18)7-9-20-19-5-3-2-4-16(19)13-23-22(20)21/h2-13H,1H3. The van der Waals surface area contributed by atoms with Crippen LogP contribution in [0.3, 0.4) is 0 Å². The van der Waals surface area contributed by atoms with Crippen molar-refractivity contribution < 1.29 is 4.74 Å². The molecule has 0 bridgehead atoms. The Bertz CT molecular complexity index is 1240. The van der Waals surface area contributed by atoms with Crippen LogP contribution < -0.4 is 4.74 Å². The van der Waals surface area contributed by atoms with E-state index in [0.717, 1.165) is 11.3 Å². The number of nitrogens with zero attached hydrogens (tertiary/aromatic N) is 1. The Morgan fingerprint density at radius 3 is 2.46 bits per heavy atom. The van der Waals surface area contributed by atoms with E-state index in [0.29, 0.717) is 0 Å².